The first-order valence-corrected chi connectivity index (χ1v) is 8.22. The summed E-state index contributed by atoms with van der Waals surface area (Å²) in [6.07, 6.45) is -8.63. The second-order valence-electron chi connectivity index (χ2n) is 5.48. The molecule has 1 N–H and O–H groups in total. The number of anilines is 1. The highest BCUT2D eigenvalue weighted by Crippen LogP contribution is 2.36. The van der Waals surface area contributed by atoms with Crippen LogP contribution in [0.2, 0.25) is 0 Å². The molecular weight excluding hydrogens is 412 g/mol. The molecule has 3 aromatic rings. The molecule has 2 aromatic heterocycles. The maximum Gasteiger partial charge on any atom is 0.435 e. The fourth-order valence-electron chi connectivity index (χ4n) is 2.23. The van der Waals surface area contributed by atoms with Gasteiger partial charge >= 0.3 is 12.4 Å². The van der Waals surface area contributed by atoms with Crippen LogP contribution in [-0.2, 0) is 23.6 Å². The van der Waals surface area contributed by atoms with Crippen LogP contribution in [0.5, 0.6) is 0 Å². The molecule has 0 aliphatic heterocycles. The van der Waals surface area contributed by atoms with Gasteiger partial charge in [-0.1, -0.05) is 4.49 Å². The smallest absolute Gasteiger partial charge is 0.326 e. The van der Waals surface area contributed by atoms with Crippen LogP contribution in [0.3, 0.4) is 0 Å². The second-order valence-corrected chi connectivity index (χ2v) is 6.35. The second kappa shape index (κ2) is 7.22. The molecule has 1 amide bonds. The third-order valence-corrected chi connectivity index (χ3v) is 4.09. The van der Waals surface area contributed by atoms with E-state index >= 15 is 0 Å². The number of hydrogen-bond donors (Lipinski definition) is 1. The van der Waals surface area contributed by atoms with Crippen LogP contribution >= 0.6 is 11.5 Å². The van der Waals surface area contributed by atoms with Crippen LogP contribution in [0, 0.1) is 0 Å². The van der Waals surface area contributed by atoms with Crippen molar-refractivity contribution in [2.75, 3.05) is 5.32 Å². The molecule has 28 heavy (non-hydrogen) atoms. The molecule has 148 valence electrons. The summed E-state index contributed by atoms with van der Waals surface area (Å²) in [6, 6.07) is 4.69. The van der Waals surface area contributed by atoms with Gasteiger partial charge in [0.25, 0.3) is 0 Å². The first-order chi connectivity index (χ1) is 13.0. The van der Waals surface area contributed by atoms with E-state index in [1.807, 2.05) is 0 Å². The van der Waals surface area contributed by atoms with Crippen molar-refractivity contribution in [1.82, 2.24) is 19.4 Å². The lowest BCUT2D eigenvalue weighted by molar-refractivity contribution is -0.143. The van der Waals surface area contributed by atoms with Crippen molar-refractivity contribution < 1.29 is 31.1 Å². The van der Waals surface area contributed by atoms with Gasteiger partial charge in [-0.15, -0.1) is 5.10 Å². The molecule has 0 radical (unpaired) electrons. The highest BCUT2D eigenvalue weighted by atomic mass is 32.1. The SMILES string of the molecule is O=C(Cc1cnns1)Nc1ccc(-n2nc(C(F)(F)F)cc2C(F)(F)F)cc1. The molecule has 0 atom stereocenters. The Hall–Kier alpha value is -2.96. The van der Waals surface area contributed by atoms with Gasteiger partial charge in [-0.25, -0.2) is 4.68 Å². The topological polar surface area (TPSA) is 72.7 Å². The molecule has 1 aromatic carbocycles. The van der Waals surface area contributed by atoms with Gasteiger partial charge in [0.05, 0.1) is 23.2 Å². The molecule has 0 unspecified atom stereocenters. The number of hydrogen-bond acceptors (Lipinski definition) is 5. The summed E-state index contributed by atoms with van der Waals surface area (Å²) in [4.78, 5) is 12.5. The maximum atomic E-state index is 13.1. The van der Waals surface area contributed by atoms with Gasteiger partial charge in [0, 0.05) is 11.8 Å². The van der Waals surface area contributed by atoms with E-state index in [0.29, 0.717) is 4.88 Å². The van der Waals surface area contributed by atoms with Crippen molar-refractivity contribution in [2.45, 2.75) is 18.8 Å². The van der Waals surface area contributed by atoms with Crippen LogP contribution in [-0.4, -0.2) is 25.3 Å². The van der Waals surface area contributed by atoms with Gasteiger partial charge in [0.15, 0.2) is 5.69 Å². The number of benzene rings is 1. The number of nitrogens with one attached hydrogen (secondary N) is 1. The minimum Gasteiger partial charge on any atom is -0.326 e. The Bertz CT molecular complexity index is 962. The number of carbonyl (C=O) groups excluding carboxylic acids is 1. The molecule has 0 aliphatic carbocycles. The fourth-order valence-corrected chi connectivity index (χ4v) is 2.72. The van der Waals surface area contributed by atoms with Gasteiger partial charge in [0.1, 0.15) is 5.69 Å². The van der Waals surface area contributed by atoms with Crippen molar-refractivity contribution in [3.63, 3.8) is 0 Å². The summed E-state index contributed by atoms with van der Waals surface area (Å²) in [6.45, 7) is 0. The van der Waals surface area contributed by atoms with Gasteiger partial charge in [-0.3, -0.25) is 4.79 Å². The standard InChI is InChI=1S/C15H9F6N5OS/c16-14(17,18)11-6-12(15(19,20)21)26(24-11)9-3-1-8(2-4-9)23-13(27)5-10-7-22-25-28-10/h1-4,6-7H,5H2,(H,23,27). The average Bonchev–Trinajstić information content (AvgIpc) is 3.23. The van der Waals surface area contributed by atoms with Gasteiger partial charge in [-0.2, -0.15) is 31.4 Å². The number of carbonyl (C=O) groups is 1. The summed E-state index contributed by atoms with van der Waals surface area (Å²) in [5.74, 6) is -0.409. The maximum absolute atomic E-state index is 13.1. The molecular formula is C15H9F6N5OS. The number of alkyl halides is 6. The van der Waals surface area contributed by atoms with Crippen molar-refractivity contribution in [2.24, 2.45) is 0 Å². The molecule has 13 heteroatoms. The summed E-state index contributed by atoms with van der Waals surface area (Å²) in [5.41, 5.74) is -3.21. The largest absolute Gasteiger partial charge is 0.435 e. The fraction of sp³-hybridized carbons (Fsp3) is 0.200. The number of amides is 1. The number of aromatic nitrogens is 4. The Morgan fingerprint density at radius 1 is 1.07 bits per heavy atom. The molecule has 0 saturated carbocycles. The molecule has 3 rings (SSSR count). The lowest BCUT2D eigenvalue weighted by atomic mass is 10.2. The lowest BCUT2D eigenvalue weighted by Crippen LogP contribution is -2.15. The summed E-state index contributed by atoms with van der Waals surface area (Å²) in [7, 11) is 0. The molecule has 6 nitrogen and oxygen atoms in total. The highest BCUT2D eigenvalue weighted by Gasteiger charge is 2.42. The van der Waals surface area contributed by atoms with E-state index in [1.165, 1.54) is 18.3 Å². The highest BCUT2D eigenvalue weighted by molar-refractivity contribution is 7.05. The Kier molecular flexibility index (Phi) is 5.10. The van der Waals surface area contributed by atoms with Gasteiger partial charge < -0.3 is 5.32 Å². The van der Waals surface area contributed by atoms with E-state index in [0.717, 1.165) is 23.7 Å². The molecule has 0 fully saturated rings. The minimum atomic E-state index is -5.04. The van der Waals surface area contributed by atoms with Crippen LogP contribution < -0.4 is 5.32 Å². The van der Waals surface area contributed by atoms with Crippen LogP contribution in [0.4, 0.5) is 32.0 Å². The van der Waals surface area contributed by atoms with Crippen molar-refractivity contribution in [1.29, 1.82) is 0 Å². The van der Waals surface area contributed by atoms with Crippen LogP contribution in [0.25, 0.3) is 5.69 Å². The normalized spacial score (nSPS) is 12.2. The summed E-state index contributed by atoms with van der Waals surface area (Å²) in [5, 5.41) is 9.13. The van der Waals surface area contributed by atoms with Crippen LogP contribution in [0.15, 0.2) is 36.5 Å². The average molecular weight is 421 g/mol. The Labute approximate surface area is 157 Å². The first kappa shape index (κ1) is 19.8. The van der Waals surface area contributed by atoms with Crippen molar-refractivity contribution in [3.8, 4) is 5.69 Å². The zero-order valence-electron chi connectivity index (χ0n) is 13.5. The Balaban J connectivity index is 1.83. The molecule has 2 heterocycles. The van der Waals surface area contributed by atoms with Crippen molar-refractivity contribution >= 4 is 23.1 Å². The first-order valence-electron chi connectivity index (χ1n) is 7.45. The number of nitrogens with zero attached hydrogens (tertiary/aromatic N) is 4. The predicted octanol–water partition coefficient (Wildman–Crippen LogP) is 3.94. The van der Waals surface area contributed by atoms with E-state index in [2.05, 4.69) is 20.0 Å². The zero-order chi connectivity index (χ0) is 20.5. The monoisotopic (exact) mass is 421 g/mol. The third kappa shape index (κ3) is 4.47. The van der Waals surface area contributed by atoms with E-state index in [9.17, 15) is 31.1 Å². The molecule has 0 saturated heterocycles. The Morgan fingerprint density at radius 3 is 2.29 bits per heavy atom. The molecule has 0 spiro atoms. The minimum absolute atomic E-state index is 0.00569. The zero-order valence-corrected chi connectivity index (χ0v) is 14.4. The molecule has 0 aliphatic rings. The predicted molar refractivity (Wildman–Crippen MR) is 85.8 cm³/mol. The third-order valence-electron chi connectivity index (χ3n) is 3.43. The number of rotatable bonds is 4. The van der Waals surface area contributed by atoms with Crippen LogP contribution in [0.1, 0.15) is 16.3 Å². The lowest BCUT2D eigenvalue weighted by Gasteiger charge is -2.11. The number of halogens is 6. The van der Waals surface area contributed by atoms with E-state index < -0.39 is 29.6 Å². The quantitative estimate of drug-likeness (QED) is 0.648. The summed E-state index contributed by atoms with van der Waals surface area (Å²) < 4.78 is 81.2. The van der Waals surface area contributed by atoms with Gasteiger partial charge in [-0.05, 0) is 35.8 Å². The van der Waals surface area contributed by atoms with E-state index in [1.54, 1.807) is 0 Å². The summed E-state index contributed by atoms with van der Waals surface area (Å²) >= 11 is 1.04. The van der Waals surface area contributed by atoms with Crippen molar-refractivity contribution in [3.05, 3.63) is 52.8 Å². The van der Waals surface area contributed by atoms with E-state index in [-0.39, 0.29) is 28.5 Å². The van der Waals surface area contributed by atoms with E-state index in [4.69, 9.17) is 0 Å². The van der Waals surface area contributed by atoms with Gasteiger partial charge in [0.2, 0.25) is 5.91 Å². The Morgan fingerprint density at radius 2 is 1.75 bits per heavy atom. The molecule has 0 bridgehead atoms.